The summed E-state index contributed by atoms with van der Waals surface area (Å²) in [5.41, 5.74) is 2.33. The Kier molecular flexibility index (Phi) is 12.2. The van der Waals surface area contributed by atoms with Crippen LogP contribution in [0, 0.1) is 46.3 Å². The summed E-state index contributed by atoms with van der Waals surface area (Å²) in [5.74, 6) is 4.93. The van der Waals surface area contributed by atoms with Crippen LogP contribution in [-0.2, 0) is 23.8 Å². The number of methoxy groups -OCH3 is 1. The standard InChI is InChI=1S/C37H62O5/c1-26(2)9-7-10-27(3)32-15-16-33-31-14-12-28-25-30(18-20-36(28,4)34(31)19-21-37(32,33)5)42-35(39)17-13-29(38)11-8-22-41-24-23-40-6/h12,26-27,30-34H,7-11,13-25H2,1-6H3/t27-,30+,31?,32?,33?,34?,36+,37-/m1/s1. The minimum atomic E-state index is -0.212. The van der Waals surface area contributed by atoms with Gasteiger partial charge in [-0.1, -0.05) is 65.5 Å². The fourth-order valence-electron chi connectivity index (χ4n) is 9.98. The van der Waals surface area contributed by atoms with E-state index < -0.39 is 0 Å². The van der Waals surface area contributed by atoms with Gasteiger partial charge < -0.3 is 14.2 Å². The molecule has 0 aliphatic heterocycles. The molecule has 4 aliphatic carbocycles. The molecule has 240 valence electrons. The van der Waals surface area contributed by atoms with Crippen LogP contribution in [0.15, 0.2) is 11.6 Å². The third kappa shape index (κ3) is 7.89. The molecule has 0 aromatic rings. The van der Waals surface area contributed by atoms with Crippen molar-refractivity contribution in [3.05, 3.63) is 11.6 Å². The first-order chi connectivity index (χ1) is 20.1. The Bertz CT molecular complexity index is 925. The van der Waals surface area contributed by atoms with Crippen molar-refractivity contribution >= 4 is 11.8 Å². The predicted octanol–water partition coefficient (Wildman–Crippen LogP) is 8.73. The van der Waals surface area contributed by atoms with Gasteiger partial charge in [0.15, 0.2) is 0 Å². The van der Waals surface area contributed by atoms with Gasteiger partial charge in [-0.3, -0.25) is 9.59 Å². The number of ether oxygens (including phenoxy) is 3. The van der Waals surface area contributed by atoms with Crippen LogP contribution in [0.2, 0.25) is 0 Å². The lowest BCUT2D eigenvalue weighted by molar-refractivity contribution is -0.152. The van der Waals surface area contributed by atoms with E-state index >= 15 is 0 Å². The van der Waals surface area contributed by atoms with Gasteiger partial charge in [0.1, 0.15) is 11.9 Å². The van der Waals surface area contributed by atoms with Crippen LogP contribution in [0.25, 0.3) is 0 Å². The van der Waals surface area contributed by atoms with E-state index in [1.165, 1.54) is 51.4 Å². The summed E-state index contributed by atoms with van der Waals surface area (Å²) in [5, 5.41) is 0. The van der Waals surface area contributed by atoms with E-state index in [2.05, 4.69) is 40.7 Å². The lowest BCUT2D eigenvalue weighted by atomic mass is 9.47. The number of hydrogen-bond donors (Lipinski definition) is 0. The Hall–Kier alpha value is -1.20. The zero-order chi connectivity index (χ0) is 30.3. The van der Waals surface area contributed by atoms with Crippen LogP contribution in [0.3, 0.4) is 0 Å². The van der Waals surface area contributed by atoms with E-state index in [0.29, 0.717) is 38.1 Å². The van der Waals surface area contributed by atoms with Gasteiger partial charge in [-0.25, -0.2) is 0 Å². The molecule has 5 heteroatoms. The number of Topliss-reactive ketones (excluding diaryl/α,β-unsaturated/α-hetero) is 1. The third-order valence-corrected chi connectivity index (χ3v) is 12.3. The molecule has 0 spiro atoms. The second kappa shape index (κ2) is 15.2. The summed E-state index contributed by atoms with van der Waals surface area (Å²) >= 11 is 0. The van der Waals surface area contributed by atoms with Crippen LogP contribution in [0.5, 0.6) is 0 Å². The van der Waals surface area contributed by atoms with Gasteiger partial charge in [-0.05, 0) is 97.7 Å². The van der Waals surface area contributed by atoms with Crippen molar-refractivity contribution in [3.63, 3.8) is 0 Å². The fourth-order valence-corrected chi connectivity index (χ4v) is 9.98. The van der Waals surface area contributed by atoms with Crippen molar-refractivity contribution in [2.75, 3.05) is 26.9 Å². The molecule has 0 N–H and O–H groups in total. The zero-order valence-corrected chi connectivity index (χ0v) is 27.9. The summed E-state index contributed by atoms with van der Waals surface area (Å²) in [7, 11) is 1.64. The number of ketones is 1. The van der Waals surface area contributed by atoms with E-state index in [9.17, 15) is 9.59 Å². The topological polar surface area (TPSA) is 61.8 Å². The van der Waals surface area contributed by atoms with Crippen molar-refractivity contribution in [3.8, 4) is 0 Å². The number of fused-ring (bicyclic) bond motifs is 5. The molecule has 4 unspecified atom stereocenters. The maximum atomic E-state index is 12.6. The summed E-state index contributed by atoms with van der Waals surface area (Å²) in [6.45, 7) is 14.1. The molecule has 0 bridgehead atoms. The quantitative estimate of drug-likeness (QED) is 0.103. The van der Waals surface area contributed by atoms with Gasteiger partial charge in [0.05, 0.1) is 19.6 Å². The highest BCUT2D eigenvalue weighted by Gasteiger charge is 2.59. The van der Waals surface area contributed by atoms with Crippen LogP contribution < -0.4 is 0 Å². The molecule has 42 heavy (non-hydrogen) atoms. The Morgan fingerprint density at radius 1 is 0.905 bits per heavy atom. The van der Waals surface area contributed by atoms with Crippen molar-refractivity contribution in [1.82, 2.24) is 0 Å². The van der Waals surface area contributed by atoms with Crippen molar-refractivity contribution in [2.24, 2.45) is 46.3 Å². The average molecular weight is 587 g/mol. The Labute approximate surface area is 257 Å². The number of rotatable bonds is 16. The van der Waals surface area contributed by atoms with Crippen LogP contribution in [0.4, 0.5) is 0 Å². The Morgan fingerprint density at radius 3 is 2.48 bits per heavy atom. The molecule has 0 heterocycles. The minimum Gasteiger partial charge on any atom is -0.462 e. The first-order valence-electron chi connectivity index (χ1n) is 17.6. The van der Waals surface area contributed by atoms with Gasteiger partial charge >= 0.3 is 5.97 Å². The molecule has 0 aromatic carbocycles. The lowest BCUT2D eigenvalue weighted by Gasteiger charge is -2.58. The molecular formula is C37H62O5. The summed E-state index contributed by atoms with van der Waals surface area (Å²) in [4.78, 5) is 24.9. The van der Waals surface area contributed by atoms with E-state index in [-0.39, 0.29) is 36.1 Å². The molecular weight excluding hydrogens is 524 g/mol. The fraction of sp³-hybridized carbons (Fsp3) is 0.892. The average Bonchev–Trinajstić information content (AvgIpc) is 3.31. The molecule has 3 fully saturated rings. The predicted molar refractivity (Wildman–Crippen MR) is 169 cm³/mol. The van der Waals surface area contributed by atoms with Crippen molar-refractivity contribution < 1.29 is 23.8 Å². The highest BCUT2D eigenvalue weighted by atomic mass is 16.5. The first-order valence-corrected chi connectivity index (χ1v) is 17.6. The Morgan fingerprint density at radius 2 is 1.71 bits per heavy atom. The first kappa shape index (κ1) is 33.7. The van der Waals surface area contributed by atoms with Gasteiger partial charge in [-0.2, -0.15) is 0 Å². The maximum Gasteiger partial charge on any atom is 0.306 e. The molecule has 3 saturated carbocycles. The second-order valence-electron chi connectivity index (χ2n) is 15.4. The van der Waals surface area contributed by atoms with Crippen LogP contribution >= 0.6 is 0 Å². The number of carbonyl (C=O) groups is 2. The van der Waals surface area contributed by atoms with E-state index in [1.54, 1.807) is 12.7 Å². The highest BCUT2D eigenvalue weighted by molar-refractivity contribution is 5.82. The molecule has 5 nitrogen and oxygen atoms in total. The second-order valence-corrected chi connectivity index (χ2v) is 15.4. The molecule has 8 atom stereocenters. The number of allylic oxidation sites excluding steroid dienone is 1. The van der Waals surface area contributed by atoms with E-state index in [0.717, 1.165) is 54.8 Å². The molecule has 0 amide bonds. The van der Waals surface area contributed by atoms with Gasteiger partial charge in [-0.15, -0.1) is 0 Å². The normalized spacial score (nSPS) is 34.7. The highest BCUT2D eigenvalue weighted by Crippen LogP contribution is 2.67. The van der Waals surface area contributed by atoms with Gasteiger partial charge in [0.25, 0.3) is 0 Å². The summed E-state index contributed by atoms with van der Waals surface area (Å²) in [6, 6.07) is 0. The third-order valence-electron chi connectivity index (χ3n) is 12.3. The maximum absolute atomic E-state index is 12.6. The minimum absolute atomic E-state index is 0.0333. The Balaban J connectivity index is 1.25. The van der Waals surface area contributed by atoms with Crippen molar-refractivity contribution in [1.29, 1.82) is 0 Å². The van der Waals surface area contributed by atoms with E-state index in [1.807, 2.05) is 0 Å². The van der Waals surface area contributed by atoms with Gasteiger partial charge in [0.2, 0.25) is 0 Å². The molecule has 0 saturated heterocycles. The SMILES string of the molecule is COCCOCCCC(=O)CCC(=O)O[C@H]1CC[C@@]2(C)C(=CCC3C4CCC([C@H](C)CCCC(C)C)[C@@]4(C)CCC32)C1. The number of carbonyl (C=O) groups excluding carboxylic acids is 2. The van der Waals surface area contributed by atoms with Crippen molar-refractivity contribution in [2.45, 2.75) is 137 Å². The van der Waals surface area contributed by atoms with Gasteiger partial charge in [0, 0.05) is 33.0 Å². The zero-order valence-electron chi connectivity index (χ0n) is 27.9. The smallest absolute Gasteiger partial charge is 0.306 e. The van der Waals surface area contributed by atoms with E-state index in [4.69, 9.17) is 14.2 Å². The van der Waals surface area contributed by atoms with Crippen LogP contribution in [0.1, 0.15) is 131 Å². The molecule has 4 rings (SSSR count). The van der Waals surface area contributed by atoms with Crippen LogP contribution in [-0.4, -0.2) is 44.8 Å². The number of hydrogen-bond acceptors (Lipinski definition) is 5. The molecule has 0 radical (unpaired) electrons. The summed E-state index contributed by atoms with van der Waals surface area (Å²) < 4.78 is 16.3. The lowest BCUT2D eigenvalue weighted by Crippen LogP contribution is -2.51. The molecule has 0 aromatic heterocycles. The number of esters is 1. The summed E-state index contributed by atoms with van der Waals surface area (Å²) in [6.07, 6.45) is 18.1. The largest absolute Gasteiger partial charge is 0.462 e. The molecule has 4 aliphatic rings. The monoisotopic (exact) mass is 586 g/mol.